The highest BCUT2D eigenvalue weighted by molar-refractivity contribution is 9.10. The van der Waals surface area contributed by atoms with Crippen LogP contribution in [0.3, 0.4) is 0 Å². The molecule has 5 aromatic rings. The molecule has 1 N–H and O–H groups in total. The van der Waals surface area contributed by atoms with E-state index in [0.717, 1.165) is 28.5 Å². The number of nitrogens with zero attached hydrogens (tertiary/aromatic N) is 5. The first-order chi connectivity index (χ1) is 16.8. The molecule has 0 spiro atoms. The summed E-state index contributed by atoms with van der Waals surface area (Å²) in [6, 6.07) is 22.1. The molecule has 0 amide bonds. The Hall–Kier alpha value is -3.14. The monoisotopic (exact) mass is 550 g/mol. The summed E-state index contributed by atoms with van der Waals surface area (Å²) in [5, 5.41) is 0. The van der Waals surface area contributed by atoms with Gasteiger partial charge in [0.05, 0.1) is 22.5 Å². The second kappa shape index (κ2) is 9.49. The molecule has 5 rings (SSSR count). The maximum atomic E-state index is 13.3. The average Bonchev–Trinajstić information content (AvgIpc) is 3.21. The van der Waals surface area contributed by atoms with Gasteiger partial charge in [-0.2, -0.15) is 4.57 Å². The number of fused-ring (bicyclic) bond motifs is 2. The average molecular weight is 551 g/mol. The van der Waals surface area contributed by atoms with Crippen LogP contribution in [-0.4, -0.2) is 23.3 Å². The van der Waals surface area contributed by atoms with E-state index in [1.807, 2.05) is 53.4 Å². The lowest BCUT2D eigenvalue weighted by molar-refractivity contribution is -0.673. The van der Waals surface area contributed by atoms with Crippen molar-refractivity contribution in [3.8, 4) is 5.82 Å². The fourth-order valence-corrected chi connectivity index (χ4v) is 5.12. The molecule has 35 heavy (non-hydrogen) atoms. The normalized spacial score (nSPS) is 13.4. The van der Waals surface area contributed by atoms with E-state index < -0.39 is 10.0 Å². The zero-order chi connectivity index (χ0) is 24.6. The molecule has 3 aromatic carbocycles. The van der Waals surface area contributed by atoms with Crippen LogP contribution in [0.1, 0.15) is 20.3 Å². The summed E-state index contributed by atoms with van der Waals surface area (Å²) in [5.41, 5.74) is 3.25. The van der Waals surface area contributed by atoms with Crippen LogP contribution in [0.2, 0.25) is 0 Å². The van der Waals surface area contributed by atoms with Gasteiger partial charge in [-0.1, -0.05) is 54.0 Å². The van der Waals surface area contributed by atoms with Crippen molar-refractivity contribution in [3.63, 3.8) is 0 Å². The van der Waals surface area contributed by atoms with Gasteiger partial charge in [-0.3, -0.25) is 4.55 Å². The van der Waals surface area contributed by atoms with Gasteiger partial charge in [0.25, 0.3) is 12.1 Å². The lowest BCUT2D eigenvalue weighted by atomic mass is 10.1. The first-order valence-electron chi connectivity index (χ1n) is 11.3. The van der Waals surface area contributed by atoms with Gasteiger partial charge < -0.3 is 0 Å². The van der Waals surface area contributed by atoms with Crippen molar-refractivity contribution in [2.24, 2.45) is 10.3 Å². The zero-order valence-corrected chi connectivity index (χ0v) is 21.8. The first-order valence-corrected chi connectivity index (χ1v) is 13.6. The van der Waals surface area contributed by atoms with Crippen molar-refractivity contribution in [2.45, 2.75) is 31.7 Å². The van der Waals surface area contributed by atoms with E-state index in [9.17, 15) is 8.76 Å². The summed E-state index contributed by atoms with van der Waals surface area (Å²) in [6.45, 7) is 5.24. The first kappa shape index (κ1) is 23.6. The van der Waals surface area contributed by atoms with Crippen LogP contribution in [0.4, 0.5) is 5.82 Å². The molecule has 0 saturated carbocycles. The molecule has 1 unspecified atom stereocenters. The van der Waals surface area contributed by atoms with Gasteiger partial charge in [-0.05, 0) is 60.9 Å². The molecule has 7 nitrogen and oxygen atoms in total. The standard InChI is InChI=1S/C26H24BrN5O2S/c1-18(2)15-16-31-17-32(24-10-6-5-9-23(24)31)26-25(28-21-7-3-4-8-22(21)29-26)30-35(33,34)20-13-11-19(27)12-14-20/h3-14,17-18H,15-16H2,1-2H3/p+1. The van der Waals surface area contributed by atoms with Crippen molar-refractivity contribution in [2.75, 3.05) is 0 Å². The highest BCUT2D eigenvalue weighted by Gasteiger charge is 2.24. The van der Waals surface area contributed by atoms with E-state index in [1.54, 1.807) is 24.3 Å². The van der Waals surface area contributed by atoms with E-state index in [-0.39, 0.29) is 10.7 Å². The van der Waals surface area contributed by atoms with E-state index in [4.69, 9.17) is 4.98 Å². The fraction of sp³-hybridized carbons (Fsp3) is 0.192. The Balaban J connectivity index is 1.76. The molecule has 1 atom stereocenters. The van der Waals surface area contributed by atoms with Crippen LogP contribution in [0.15, 0.2) is 92.9 Å². The van der Waals surface area contributed by atoms with Crippen LogP contribution in [0, 0.1) is 5.92 Å². The van der Waals surface area contributed by atoms with Crippen molar-refractivity contribution < 1.29 is 13.3 Å². The van der Waals surface area contributed by atoms with E-state index in [0.29, 0.717) is 22.8 Å². The van der Waals surface area contributed by atoms with Gasteiger partial charge in [-0.15, -0.1) is 4.36 Å². The minimum Gasteiger partial charge on any atom is -0.296 e. The lowest BCUT2D eigenvalue weighted by Gasteiger charge is -2.06. The molecular weight excluding hydrogens is 526 g/mol. The van der Waals surface area contributed by atoms with E-state index in [1.165, 1.54) is 0 Å². The third kappa shape index (κ3) is 4.84. The minimum absolute atomic E-state index is 0.107. The molecule has 0 saturated heterocycles. The van der Waals surface area contributed by atoms with Crippen LogP contribution in [0.25, 0.3) is 27.9 Å². The predicted octanol–water partition coefficient (Wildman–Crippen LogP) is 6.30. The number of rotatable bonds is 6. The Morgan fingerprint density at radius 1 is 1.00 bits per heavy atom. The minimum atomic E-state index is -3.77. The van der Waals surface area contributed by atoms with Gasteiger partial charge >= 0.3 is 0 Å². The van der Waals surface area contributed by atoms with Gasteiger partial charge in [-0.25, -0.2) is 18.7 Å². The van der Waals surface area contributed by atoms with Gasteiger partial charge in [0.2, 0.25) is 5.82 Å². The maximum Gasteiger partial charge on any atom is 0.273 e. The van der Waals surface area contributed by atoms with Crippen LogP contribution < -0.4 is 4.57 Å². The van der Waals surface area contributed by atoms with Crippen LogP contribution in [0.5, 0.6) is 0 Å². The van der Waals surface area contributed by atoms with Gasteiger partial charge in [0, 0.05) is 4.47 Å². The summed E-state index contributed by atoms with van der Waals surface area (Å²) in [5.74, 6) is 1.07. The molecule has 0 bridgehead atoms. The summed E-state index contributed by atoms with van der Waals surface area (Å²) < 4.78 is 33.4. The molecule has 0 aliphatic rings. The molecule has 9 heteroatoms. The van der Waals surface area contributed by atoms with Crippen LogP contribution in [-0.2, 0) is 16.6 Å². The Morgan fingerprint density at radius 3 is 2.37 bits per heavy atom. The largest absolute Gasteiger partial charge is 0.296 e. The Bertz CT molecular complexity index is 1650. The summed E-state index contributed by atoms with van der Waals surface area (Å²) in [4.78, 5) is 9.71. The number of imidazole rings is 1. The smallest absolute Gasteiger partial charge is 0.273 e. The number of aryl methyl sites for hydroxylation is 1. The molecule has 2 heterocycles. The van der Waals surface area contributed by atoms with E-state index in [2.05, 4.69) is 49.8 Å². The Kier molecular flexibility index (Phi) is 6.39. The Morgan fingerprint density at radius 2 is 1.66 bits per heavy atom. The lowest BCUT2D eigenvalue weighted by Crippen LogP contribution is -2.32. The van der Waals surface area contributed by atoms with E-state index >= 15 is 0 Å². The Labute approximate surface area is 212 Å². The van der Waals surface area contributed by atoms with Crippen LogP contribution >= 0.6 is 15.9 Å². The van der Waals surface area contributed by atoms with Gasteiger partial charge in [0.15, 0.2) is 21.0 Å². The molecule has 0 fully saturated rings. The predicted molar refractivity (Wildman–Crippen MR) is 141 cm³/mol. The van der Waals surface area contributed by atoms with Crippen molar-refractivity contribution in [1.82, 2.24) is 14.5 Å². The maximum absolute atomic E-state index is 13.3. The molecule has 2 aromatic heterocycles. The molecule has 0 radical (unpaired) electrons. The second-order valence-electron chi connectivity index (χ2n) is 8.75. The van der Waals surface area contributed by atoms with Crippen molar-refractivity contribution in [1.29, 1.82) is 0 Å². The number of para-hydroxylation sites is 4. The summed E-state index contributed by atoms with van der Waals surface area (Å²) in [6.07, 6.45) is 3.00. The molecule has 178 valence electrons. The SMILES string of the molecule is CC(C)CC[n+]1cn(-c2nc3ccccc3nc2N=S(=O)(O)c2ccc(Br)cc2)c2ccccc21. The number of hydrogen-bond donors (Lipinski definition) is 1. The summed E-state index contributed by atoms with van der Waals surface area (Å²) in [7, 11) is -3.77. The third-order valence-corrected chi connectivity index (χ3v) is 7.58. The molecular formula is C26H25BrN5O2S+. The highest BCUT2D eigenvalue weighted by atomic mass is 79.9. The molecule has 0 aliphatic heterocycles. The number of hydrogen-bond acceptors (Lipinski definition) is 4. The summed E-state index contributed by atoms with van der Waals surface area (Å²) >= 11 is 3.36. The number of benzene rings is 3. The van der Waals surface area contributed by atoms with Crippen molar-refractivity contribution in [3.05, 3.63) is 83.6 Å². The number of halogens is 1. The van der Waals surface area contributed by atoms with Gasteiger partial charge in [0.1, 0.15) is 0 Å². The fourth-order valence-electron chi connectivity index (χ4n) is 3.90. The zero-order valence-electron chi connectivity index (χ0n) is 19.4. The molecule has 0 aliphatic carbocycles. The van der Waals surface area contributed by atoms with Crippen molar-refractivity contribution >= 4 is 53.8 Å². The topological polar surface area (TPSA) is 84.3 Å². The number of aromatic nitrogens is 4. The quantitative estimate of drug-likeness (QED) is 0.251. The third-order valence-electron chi connectivity index (χ3n) is 5.75. The second-order valence-corrected chi connectivity index (χ2v) is 11.3. The highest BCUT2D eigenvalue weighted by Crippen LogP contribution is 2.28.